The highest BCUT2D eigenvalue weighted by Gasteiger charge is 2.31. The molecule has 33 heavy (non-hydrogen) atoms. The van der Waals surface area contributed by atoms with Crippen LogP contribution in [-0.4, -0.2) is 43.3 Å². The number of nitriles is 1. The van der Waals surface area contributed by atoms with Crippen molar-refractivity contribution in [3.63, 3.8) is 0 Å². The van der Waals surface area contributed by atoms with Gasteiger partial charge in [0.25, 0.3) is 0 Å². The minimum absolute atomic E-state index is 0.105. The van der Waals surface area contributed by atoms with Crippen LogP contribution in [0.5, 0.6) is 0 Å². The van der Waals surface area contributed by atoms with Gasteiger partial charge in [-0.15, -0.1) is 0 Å². The van der Waals surface area contributed by atoms with Gasteiger partial charge < -0.3 is 15.0 Å². The van der Waals surface area contributed by atoms with E-state index < -0.39 is 17.8 Å². The number of hydrogen-bond donors (Lipinski definition) is 1. The number of nitrogens with zero attached hydrogens (tertiary/aromatic N) is 4. The van der Waals surface area contributed by atoms with Crippen LogP contribution in [-0.2, 0) is 4.74 Å². The van der Waals surface area contributed by atoms with E-state index in [1.54, 1.807) is 25.3 Å². The highest BCUT2D eigenvalue weighted by Crippen LogP contribution is 2.37. The van der Waals surface area contributed by atoms with Crippen molar-refractivity contribution in [3.05, 3.63) is 59.2 Å². The van der Waals surface area contributed by atoms with Gasteiger partial charge in [-0.3, -0.25) is 0 Å². The van der Waals surface area contributed by atoms with E-state index in [0.717, 1.165) is 12.1 Å². The lowest BCUT2D eigenvalue weighted by molar-refractivity contribution is 0.193. The van der Waals surface area contributed by atoms with Crippen LogP contribution in [0.2, 0.25) is 0 Å². The molecule has 1 aliphatic heterocycles. The minimum Gasteiger partial charge on any atom is -0.383 e. The Balaban J connectivity index is 1.55. The second kappa shape index (κ2) is 10.0. The largest absolute Gasteiger partial charge is 0.383 e. The molecule has 0 spiro atoms. The van der Waals surface area contributed by atoms with Crippen molar-refractivity contribution in [2.45, 2.75) is 19.0 Å². The highest BCUT2D eigenvalue weighted by atomic mass is 19.1. The van der Waals surface area contributed by atoms with E-state index in [1.165, 1.54) is 6.07 Å². The summed E-state index contributed by atoms with van der Waals surface area (Å²) in [6.07, 6.45) is -0.547. The Hall–Kier alpha value is -3.38. The van der Waals surface area contributed by atoms with Crippen molar-refractivity contribution in [2.75, 3.05) is 43.6 Å². The van der Waals surface area contributed by atoms with E-state index >= 15 is 4.39 Å². The molecule has 1 aliphatic rings. The van der Waals surface area contributed by atoms with Crippen LogP contribution in [0.3, 0.4) is 0 Å². The van der Waals surface area contributed by atoms with Gasteiger partial charge in [0.1, 0.15) is 17.8 Å². The van der Waals surface area contributed by atoms with Crippen molar-refractivity contribution in [3.8, 4) is 6.07 Å². The normalized spacial score (nSPS) is 15.4. The topological polar surface area (TPSA) is 74.1 Å². The Bertz CT molecular complexity index is 1170. The molecule has 1 aromatic heterocycles. The van der Waals surface area contributed by atoms with Gasteiger partial charge in [0, 0.05) is 38.4 Å². The van der Waals surface area contributed by atoms with E-state index in [1.807, 2.05) is 4.90 Å². The molecule has 0 bridgehead atoms. The second-order valence-corrected chi connectivity index (χ2v) is 8.02. The van der Waals surface area contributed by atoms with E-state index in [2.05, 4.69) is 16.4 Å². The zero-order chi connectivity index (χ0) is 23.4. The third kappa shape index (κ3) is 5.01. The zero-order valence-corrected chi connectivity index (χ0v) is 18.2. The number of halogens is 3. The van der Waals surface area contributed by atoms with Gasteiger partial charge in [-0.05, 0) is 43.0 Å². The van der Waals surface area contributed by atoms with Crippen molar-refractivity contribution in [2.24, 2.45) is 5.92 Å². The lowest BCUT2D eigenvalue weighted by Crippen LogP contribution is -2.36. The van der Waals surface area contributed by atoms with Crippen molar-refractivity contribution in [1.29, 1.82) is 5.26 Å². The predicted octanol–water partition coefficient (Wildman–Crippen LogP) is 4.77. The minimum atomic E-state index is -1.51. The fourth-order valence-electron chi connectivity index (χ4n) is 4.11. The van der Waals surface area contributed by atoms with Crippen LogP contribution in [0, 0.1) is 28.9 Å². The lowest BCUT2D eigenvalue weighted by atomic mass is 9.88. The molecular formula is C24H24F3N5O. The standard InChI is InChI=1S/C24H24F3N5O/c1-33-11-8-29-23-24(31-21-12-15(14-28)2-5-20(21)30-23)32-9-6-16(7-10-32)22(27)18-4-3-17(25)13-19(18)26/h2-5,12-13,16,22H,6-11H2,1H3,(H,29,30). The van der Waals surface area contributed by atoms with Crippen LogP contribution in [0.1, 0.15) is 30.1 Å². The summed E-state index contributed by atoms with van der Waals surface area (Å²) in [7, 11) is 1.61. The van der Waals surface area contributed by atoms with Gasteiger partial charge >= 0.3 is 0 Å². The third-order valence-corrected chi connectivity index (χ3v) is 5.89. The van der Waals surface area contributed by atoms with Gasteiger partial charge in [-0.1, -0.05) is 6.07 Å². The fraction of sp³-hybridized carbons (Fsp3) is 0.375. The Morgan fingerprint density at radius 3 is 2.64 bits per heavy atom. The van der Waals surface area contributed by atoms with Crippen molar-refractivity contribution >= 4 is 22.7 Å². The van der Waals surface area contributed by atoms with E-state index in [9.17, 15) is 14.0 Å². The summed E-state index contributed by atoms with van der Waals surface area (Å²) in [5.41, 5.74) is 1.64. The molecule has 2 aromatic carbocycles. The number of rotatable bonds is 7. The third-order valence-electron chi connectivity index (χ3n) is 5.89. The van der Waals surface area contributed by atoms with Crippen molar-refractivity contribution < 1.29 is 17.9 Å². The molecule has 0 amide bonds. The predicted molar refractivity (Wildman–Crippen MR) is 120 cm³/mol. The number of fused-ring (bicyclic) bond motifs is 1. The molecule has 0 saturated carbocycles. The summed E-state index contributed by atoms with van der Waals surface area (Å²) in [6, 6.07) is 10.2. The average molecular weight is 455 g/mol. The number of methoxy groups -OCH3 is 1. The van der Waals surface area contributed by atoms with Gasteiger partial charge in [-0.2, -0.15) is 5.26 Å². The molecule has 0 aliphatic carbocycles. The smallest absolute Gasteiger partial charge is 0.172 e. The molecule has 3 aromatic rings. The maximum atomic E-state index is 15.1. The number of piperidine rings is 1. The maximum absolute atomic E-state index is 15.1. The molecule has 1 N–H and O–H groups in total. The van der Waals surface area contributed by atoms with E-state index in [-0.39, 0.29) is 11.5 Å². The van der Waals surface area contributed by atoms with Gasteiger partial charge in [0.05, 0.1) is 29.3 Å². The molecule has 1 unspecified atom stereocenters. The van der Waals surface area contributed by atoms with E-state index in [0.29, 0.717) is 67.3 Å². The first-order valence-electron chi connectivity index (χ1n) is 10.8. The Morgan fingerprint density at radius 1 is 1.15 bits per heavy atom. The summed E-state index contributed by atoms with van der Waals surface area (Å²) in [6.45, 7) is 2.03. The molecule has 1 fully saturated rings. The van der Waals surface area contributed by atoms with Crippen LogP contribution >= 0.6 is 0 Å². The summed E-state index contributed by atoms with van der Waals surface area (Å²) < 4.78 is 47.4. The molecule has 6 nitrogen and oxygen atoms in total. The number of benzene rings is 2. The number of anilines is 2. The van der Waals surface area contributed by atoms with Crippen LogP contribution in [0.4, 0.5) is 24.8 Å². The molecule has 0 radical (unpaired) electrons. The van der Waals surface area contributed by atoms with Crippen LogP contribution < -0.4 is 10.2 Å². The van der Waals surface area contributed by atoms with Gasteiger partial charge in [0.15, 0.2) is 11.6 Å². The Labute approximate surface area is 190 Å². The number of aromatic nitrogens is 2. The first-order chi connectivity index (χ1) is 16.0. The maximum Gasteiger partial charge on any atom is 0.172 e. The monoisotopic (exact) mass is 455 g/mol. The van der Waals surface area contributed by atoms with E-state index in [4.69, 9.17) is 9.72 Å². The first kappa shape index (κ1) is 22.8. The quantitative estimate of drug-likeness (QED) is 0.518. The average Bonchev–Trinajstić information content (AvgIpc) is 2.83. The lowest BCUT2D eigenvalue weighted by Gasteiger charge is -2.35. The van der Waals surface area contributed by atoms with Gasteiger partial charge in [-0.25, -0.2) is 23.1 Å². The molecule has 1 saturated heterocycles. The molecule has 1 atom stereocenters. The zero-order valence-electron chi connectivity index (χ0n) is 18.2. The molecule has 9 heteroatoms. The summed E-state index contributed by atoms with van der Waals surface area (Å²) in [5.74, 6) is -0.756. The van der Waals surface area contributed by atoms with Crippen molar-refractivity contribution in [1.82, 2.24) is 9.97 Å². The number of ether oxygens (including phenoxy) is 1. The Morgan fingerprint density at radius 2 is 1.94 bits per heavy atom. The number of hydrogen-bond acceptors (Lipinski definition) is 6. The van der Waals surface area contributed by atoms with Crippen LogP contribution in [0.25, 0.3) is 11.0 Å². The first-order valence-corrected chi connectivity index (χ1v) is 10.8. The SMILES string of the molecule is COCCNc1nc2ccc(C#N)cc2nc1N1CCC(C(F)c2ccc(F)cc2F)CC1. The number of alkyl halides is 1. The fourth-order valence-corrected chi connectivity index (χ4v) is 4.11. The summed E-state index contributed by atoms with van der Waals surface area (Å²) in [4.78, 5) is 11.5. The molecule has 2 heterocycles. The summed E-state index contributed by atoms with van der Waals surface area (Å²) >= 11 is 0. The molecule has 172 valence electrons. The summed E-state index contributed by atoms with van der Waals surface area (Å²) in [5, 5.41) is 12.4. The van der Waals surface area contributed by atoms with Crippen LogP contribution in [0.15, 0.2) is 36.4 Å². The molecule has 4 rings (SSSR count). The number of nitrogens with one attached hydrogen (secondary N) is 1. The highest BCUT2D eigenvalue weighted by molar-refractivity contribution is 5.81. The van der Waals surface area contributed by atoms with Gasteiger partial charge in [0.2, 0.25) is 0 Å². The molecular weight excluding hydrogens is 431 g/mol. The second-order valence-electron chi connectivity index (χ2n) is 8.02. The Kier molecular flexibility index (Phi) is 6.94.